The van der Waals surface area contributed by atoms with E-state index in [1.165, 1.54) is 31.2 Å². The summed E-state index contributed by atoms with van der Waals surface area (Å²) in [5.41, 5.74) is 1.63. The third-order valence-electron chi connectivity index (χ3n) is 4.48. The van der Waals surface area contributed by atoms with Crippen molar-refractivity contribution < 1.29 is 23.8 Å². The molecule has 0 radical (unpaired) electrons. The second kappa shape index (κ2) is 6.63. The number of ether oxygens (including phenoxy) is 1. The van der Waals surface area contributed by atoms with Crippen LogP contribution in [0.1, 0.15) is 22.7 Å². The van der Waals surface area contributed by atoms with Crippen LogP contribution in [0.25, 0.3) is 5.76 Å². The summed E-state index contributed by atoms with van der Waals surface area (Å²) in [6.07, 6.45) is 0. The quantitative estimate of drug-likeness (QED) is 0.522. The number of likely N-dealkylation sites (tertiary alicyclic amines) is 1. The first-order valence-corrected chi connectivity index (χ1v) is 8.00. The fourth-order valence-electron chi connectivity index (χ4n) is 3.10. The van der Waals surface area contributed by atoms with Crippen LogP contribution in [0.3, 0.4) is 0 Å². The highest BCUT2D eigenvalue weighted by Crippen LogP contribution is 2.40. The summed E-state index contributed by atoms with van der Waals surface area (Å²) < 4.78 is 18.9. The number of Topliss-reactive ketones (excluding diaryl/α,β-unsaturated/α-hetero) is 1. The van der Waals surface area contributed by atoms with Crippen LogP contribution >= 0.6 is 0 Å². The molecule has 1 N–H and O–H groups in total. The number of carbonyl (C=O) groups excluding carboxylic acids is 2. The monoisotopic (exact) mass is 355 g/mol. The Bertz CT molecular complexity index is 918. The SMILES string of the molecule is COc1ccc(F)cc1/C(O)=C1\C(=O)C(=O)N(C)C1c1ccc(C)cc1. The van der Waals surface area contributed by atoms with Crippen LogP contribution < -0.4 is 4.74 Å². The van der Waals surface area contributed by atoms with Gasteiger partial charge in [-0.25, -0.2) is 4.39 Å². The van der Waals surface area contributed by atoms with Gasteiger partial charge in [-0.1, -0.05) is 29.8 Å². The molecule has 1 aliphatic heterocycles. The molecule has 6 heteroatoms. The van der Waals surface area contributed by atoms with Crippen molar-refractivity contribution in [3.8, 4) is 5.75 Å². The Balaban J connectivity index is 2.23. The van der Waals surface area contributed by atoms with Crippen LogP contribution in [-0.2, 0) is 9.59 Å². The molecule has 5 nitrogen and oxygen atoms in total. The molecule has 0 aliphatic carbocycles. The summed E-state index contributed by atoms with van der Waals surface area (Å²) in [5.74, 6) is -2.40. The number of aliphatic hydroxyl groups is 1. The number of benzene rings is 2. The molecule has 0 bridgehead atoms. The fraction of sp³-hybridized carbons (Fsp3) is 0.200. The van der Waals surface area contributed by atoms with Crippen molar-refractivity contribution >= 4 is 17.4 Å². The molecule has 134 valence electrons. The number of hydrogen-bond acceptors (Lipinski definition) is 4. The number of ketones is 1. The van der Waals surface area contributed by atoms with Gasteiger partial charge < -0.3 is 14.7 Å². The zero-order valence-electron chi connectivity index (χ0n) is 14.6. The van der Waals surface area contributed by atoms with E-state index in [0.29, 0.717) is 5.56 Å². The van der Waals surface area contributed by atoms with Crippen molar-refractivity contribution in [1.82, 2.24) is 4.90 Å². The second-order valence-corrected chi connectivity index (χ2v) is 6.17. The Morgan fingerprint density at radius 1 is 1.15 bits per heavy atom. The molecule has 0 aromatic heterocycles. The number of aryl methyl sites for hydroxylation is 1. The van der Waals surface area contributed by atoms with E-state index in [0.717, 1.165) is 11.6 Å². The zero-order valence-corrected chi connectivity index (χ0v) is 14.6. The largest absolute Gasteiger partial charge is 0.507 e. The maximum Gasteiger partial charge on any atom is 0.295 e. The Hall–Kier alpha value is -3.15. The third-order valence-corrected chi connectivity index (χ3v) is 4.48. The smallest absolute Gasteiger partial charge is 0.295 e. The van der Waals surface area contributed by atoms with E-state index >= 15 is 0 Å². The van der Waals surface area contributed by atoms with Crippen LogP contribution in [0, 0.1) is 12.7 Å². The van der Waals surface area contributed by atoms with Gasteiger partial charge in [0.2, 0.25) is 0 Å². The van der Waals surface area contributed by atoms with E-state index in [2.05, 4.69) is 0 Å². The number of carbonyl (C=O) groups is 2. The standard InChI is InChI=1S/C20H18FNO4/c1-11-4-6-12(7-5-11)17-16(19(24)20(25)22(17)2)18(23)14-10-13(21)8-9-15(14)26-3/h4-10,17,23H,1-3H3/b18-16+. The van der Waals surface area contributed by atoms with Crippen molar-refractivity contribution in [2.24, 2.45) is 0 Å². The van der Waals surface area contributed by atoms with Crippen LogP contribution in [0.5, 0.6) is 5.75 Å². The Labute approximate surface area is 150 Å². The van der Waals surface area contributed by atoms with Crippen molar-refractivity contribution in [2.45, 2.75) is 13.0 Å². The molecule has 1 atom stereocenters. The molecule has 2 aromatic carbocycles. The second-order valence-electron chi connectivity index (χ2n) is 6.17. The summed E-state index contributed by atoms with van der Waals surface area (Å²) in [4.78, 5) is 26.0. The van der Waals surface area contributed by atoms with Crippen molar-refractivity contribution in [3.63, 3.8) is 0 Å². The summed E-state index contributed by atoms with van der Waals surface area (Å²) >= 11 is 0. The van der Waals surface area contributed by atoms with E-state index < -0.39 is 29.3 Å². The normalized spacial score (nSPS) is 19.1. The highest BCUT2D eigenvalue weighted by Gasteiger charge is 2.44. The minimum absolute atomic E-state index is 0.0241. The summed E-state index contributed by atoms with van der Waals surface area (Å²) in [7, 11) is 2.87. The molecule has 1 amide bonds. The van der Waals surface area contributed by atoms with Gasteiger partial charge in [-0.2, -0.15) is 0 Å². The first kappa shape index (κ1) is 17.7. The minimum atomic E-state index is -0.818. The molecule has 1 unspecified atom stereocenters. The van der Waals surface area contributed by atoms with E-state index in [9.17, 15) is 19.1 Å². The number of likely N-dealkylation sites (N-methyl/N-ethyl adjacent to an activating group) is 1. The molecular formula is C20H18FNO4. The maximum absolute atomic E-state index is 13.7. The van der Waals surface area contributed by atoms with Crippen molar-refractivity contribution in [2.75, 3.05) is 14.2 Å². The third kappa shape index (κ3) is 2.83. The Morgan fingerprint density at radius 2 is 1.81 bits per heavy atom. The van der Waals surface area contributed by atoms with Crippen molar-refractivity contribution in [1.29, 1.82) is 0 Å². The number of nitrogens with zero attached hydrogens (tertiary/aromatic N) is 1. The van der Waals surface area contributed by atoms with Crippen LogP contribution in [0.4, 0.5) is 4.39 Å². The van der Waals surface area contributed by atoms with Gasteiger partial charge in [0.15, 0.2) is 0 Å². The molecule has 1 aliphatic rings. The van der Waals surface area contributed by atoms with E-state index in [1.807, 2.05) is 19.1 Å². The Morgan fingerprint density at radius 3 is 2.42 bits per heavy atom. The van der Waals surface area contributed by atoms with E-state index in [-0.39, 0.29) is 16.9 Å². The molecular weight excluding hydrogens is 337 g/mol. The average molecular weight is 355 g/mol. The summed E-state index contributed by atoms with van der Waals surface area (Å²) in [5, 5.41) is 10.8. The molecule has 1 heterocycles. The molecule has 1 fully saturated rings. The van der Waals surface area contributed by atoms with Crippen LogP contribution in [0.2, 0.25) is 0 Å². The average Bonchev–Trinajstić information content (AvgIpc) is 2.86. The molecule has 26 heavy (non-hydrogen) atoms. The van der Waals surface area contributed by atoms with Gasteiger partial charge in [-0.15, -0.1) is 0 Å². The zero-order chi connectivity index (χ0) is 19.0. The fourth-order valence-corrected chi connectivity index (χ4v) is 3.10. The number of hydrogen-bond donors (Lipinski definition) is 1. The topological polar surface area (TPSA) is 66.8 Å². The minimum Gasteiger partial charge on any atom is -0.507 e. The van der Waals surface area contributed by atoms with Crippen LogP contribution in [-0.4, -0.2) is 35.9 Å². The Kier molecular flexibility index (Phi) is 4.50. The van der Waals surface area contributed by atoms with Gasteiger partial charge in [-0.05, 0) is 30.7 Å². The molecule has 2 aromatic rings. The first-order chi connectivity index (χ1) is 12.3. The number of methoxy groups -OCH3 is 1. The lowest BCUT2D eigenvalue weighted by Crippen LogP contribution is -2.24. The first-order valence-electron chi connectivity index (χ1n) is 8.00. The van der Waals surface area contributed by atoms with Crippen LogP contribution in [0.15, 0.2) is 48.0 Å². The lowest BCUT2D eigenvalue weighted by Gasteiger charge is -2.21. The van der Waals surface area contributed by atoms with Gasteiger partial charge in [0.1, 0.15) is 17.3 Å². The van der Waals surface area contributed by atoms with E-state index in [4.69, 9.17) is 4.74 Å². The molecule has 3 rings (SSSR count). The molecule has 0 saturated carbocycles. The number of rotatable bonds is 3. The number of halogens is 1. The summed E-state index contributed by atoms with van der Waals surface area (Å²) in [6, 6.07) is 10.1. The van der Waals surface area contributed by atoms with Gasteiger partial charge >= 0.3 is 0 Å². The van der Waals surface area contributed by atoms with Gasteiger partial charge in [0, 0.05) is 7.05 Å². The molecule has 1 saturated heterocycles. The van der Waals surface area contributed by atoms with Crippen molar-refractivity contribution in [3.05, 3.63) is 70.5 Å². The number of aliphatic hydroxyl groups excluding tert-OH is 1. The highest BCUT2D eigenvalue weighted by atomic mass is 19.1. The van der Waals surface area contributed by atoms with Gasteiger partial charge in [0.05, 0.1) is 24.3 Å². The predicted octanol–water partition coefficient (Wildman–Crippen LogP) is 3.19. The lowest BCUT2D eigenvalue weighted by atomic mass is 9.94. The highest BCUT2D eigenvalue weighted by molar-refractivity contribution is 6.46. The van der Waals surface area contributed by atoms with Gasteiger partial charge in [0.25, 0.3) is 11.7 Å². The number of amides is 1. The summed E-state index contributed by atoms with van der Waals surface area (Å²) in [6.45, 7) is 1.92. The maximum atomic E-state index is 13.7. The molecule has 0 spiro atoms. The predicted molar refractivity (Wildman–Crippen MR) is 94.2 cm³/mol. The van der Waals surface area contributed by atoms with Gasteiger partial charge in [-0.3, -0.25) is 9.59 Å². The lowest BCUT2D eigenvalue weighted by molar-refractivity contribution is -0.139. The van der Waals surface area contributed by atoms with E-state index in [1.54, 1.807) is 12.1 Å².